The van der Waals surface area contributed by atoms with E-state index >= 15 is 0 Å². The lowest BCUT2D eigenvalue weighted by atomic mass is 10.2. The van der Waals surface area contributed by atoms with Crippen LogP contribution in [-0.2, 0) is 11.3 Å². The quantitative estimate of drug-likeness (QED) is 0.305. The van der Waals surface area contributed by atoms with Crippen LogP contribution in [0.25, 0.3) is 0 Å². The Kier molecular flexibility index (Phi) is 8.01. The second-order valence-electron chi connectivity index (χ2n) is 6.78. The van der Waals surface area contributed by atoms with Gasteiger partial charge in [0.1, 0.15) is 5.75 Å². The highest BCUT2D eigenvalue weighted by Gasteiger charge is 2.20. The molecule has 0 aliphatic carbocycles. The van der Waals surface area contributed by atoms with E-state index in [1.807, 2.05) is 30.5 Å². The van der Waals surface area contributed by atoms with Crippen LogP contribution in [-0.4, -0.2) is 26.4 Å². The molecule has 1 unspecified atom stereocenters. The van der Waals surface area contributed by atoms with Crippen LogP contribution >= 0.6 is 35.0 Å². The summed E-state index contributed by atoms with van der Waals surface area (Å²) in [6, 6.07) is 12.5. The maximum atomic E-state index is 12.3. The van der Waals surface area contributed by atoms with Crippen molar-refractivity contribution in [1.29, 1.82) is 0 Å². The molecule has 0 bridgehead atoms. The second kappa shape index (κ2) is 10.7. The molecule has 6 nitrogen and oxygen atoms in total. The molecule has 0 aliphatic rings. The standard InChI is InChI=1S/C22H22Cl2N4O2S/c1-4-11-28-21(15(3)30-19-12-14(2)5-10-18(19)24)26-27-22(28)31-13-20(29)25-17-8-6-16(23)7-9-17/h4-10,12,15H,1,11,13H2,2-3H3,(H,25,29). The van der Waals surface area contributed by atoms with Crippen LogP contribution < -0.4 is 10.1 Å². The molecule has 1 amide bonds. The van der Waals surface area contributed by atoms with Gasteiger partial charge in [0.25, 0.3) is 0 Å². The second-order valence-corrected chi connectivity index (χ2v) is 8.56. The molecule has 0 saturated heterocycles. The molecular formula is C22H22Cl2N4O2S. The SMILES string of the molecule is C=CCn1c(SCC(=O)Nc2ccc(Cl)cc2)nnc1C(C)Oc1cc(C)ccc1Cl. The number of hydrogen-bond acceptors (Lipinski definition) is 5. The number of nitrogens with zero attached hydrogens (tertiary/aromatic N) is 3. The number of benzene rings is 2. The number of ether oxygens (including phenoxy) is 1. The van der Waals surface area contributed by atoms with E-state index in [-0.39, 0.29) is 11.7 Å². The summed E-state index contributed by atoms with van der Waals surface area (Å²) in [5.74, 6) is 1.23. The summed E-state index contributed by atoms with van der Waals surface area (Å²) in [5, 5.41) is 13.1. The molecule has 162 valence electrons. The summed E-state index contributed by atoms with van der Waals surface area (Å²) < 4.78 is 7.91. The van der Waals surface area contributed by atoms with E-state index in [4.69, 9.17) is 27.9 Å². The van der Waals surface area contributed by atoms with E-state index in [0.717, 1.165) is 5.56 Å². The first-order valence-electron chi connectivity index (χ1n) is 9.52. The first-order valence-corrected chi connectivity index (χ1v) is 11.3. The summed E-state index contributed by atoms with van der Waals surface area (Å²) in [5.41, 5.74) is 1.72. The van der Waals surface area contributed by atoms with Crippen molar-refractivity contribution in [1.82, 2.24) is 14.8 Å². The van der Waals surface area contributed by atoms with E-state index in [9.17, 15) is 4.79 Å². The Bertz CT molecular complexity index is 1070. The van der Waals surface area contributed by atoms with Gasteiger partial charge in [-0.15, -0.1) is 16.8 Å². The Balaban J connectivity index is 1.69. The molecule has 1 aromatic heterocycles. The van der Waals surface area contributed by atoms with Gasteiger partial charge in [-0.1, -0.05) is 47.1 Å². The number of rotatable bonds is 9. The van der Waals surface area contributed by atoms with Crippen LogP contribution in [0.3, 0.4) is 0 Å². The number of carbonyl (C=O) groups is 1. The van der Waals surface area contributed by atoms with Gasteiger partial charge in [-0.25, -0.2) is 0 Å². The van der Waals surface area contributed by atoms with E-state index in [1.165, 1.54) is 11.8 Å². The summed E-state index contributed by atoms with van der Waals surface area (Å²) in [6.45, 7) is 8.14. The Morgan fingerprint density at radius 1 is 1.26 bits per heavy atom. The Hall–Kier alpha value is -2.48. The smallest absolute Gasteiger partial charge is 0.234 e. The highest BCUT2D eigenvalue weighted by molar-refractivity contribution is 7.99. The fourth-order valence-corrected chi connectivity index (χ4v) is 3.86. The van der Waals surface area contributed by atoms with E-state index in [1.54, 1.807) is 36.4 Å². The average molecular weight is 477 g/mol. The van der Waals surface area contributed by atoms with Crippen LogP contribution in [0, 0.1) is 6.92 Å². The third-order valence-corrected chi connectivity index (χ3v) is 5.80. The van der Waals surface area contributed by atoms with Gasteiger partial charge < -0.3 is 10.1 Å². The highest BCUT2D eigenvalue weighted by atomic mass is 35.5. The summed E-state index contributed by atoms with van der Waals surface area (Å²) in [4.78, 5) is 12.3. The topological polar surface area (TPSA) is 69.0 Å². The molecule has 2 aromatic carbocycles. The number of anilines is 1. The Labute approximate surface area is 195 Å². The molecular weight excluding hydrogens is 455 g/mol. The zero-order chi connectivity index (χ0) is 22.4. The predicted octanol–water partition coefficient (Wildman–Crippen LogP) is 5.95. The average Bonchev–Trinajstić information content (AvgIpc) is 3.14. The van der Waals surface area contributed by atoms with Gasteiger partial charge in [0, 0.05) is 17.3 Å². The van der Waals surface area contributed by atoms with Crippen LogP contribution in [0.5, 0.6) is 5.75 Å². The minimum Gasteiger partial charge on any atom is -0.481 e. The van der Waals surface area contributed by atoms with Crippen LogP contribution in [0.2, 0.25) is 10.0 Å². The fourth-order valence-electron chi connectivity index (χ4n) is 2.81. The Morgan fingerprint density at radius 3 is 2.71 bits per heavy atom. The van der Waals surface area contributed by atoms with Crippen molar-refractivity contribution in [2.24, 2.45) is 0 Å². The van der Waals surface area contributed by atoms with Crippen molar-refractivity contribution in [2.75, 3.05) is 11.1 Å². The van der Waals surface area contributed by atoms with E-state index in [0.29, 0.717) is 39.0 Å². The molecule has 0 fully saturated rings. The minimum atomic E-state index is -0.399. The lowest BCUT2D eigenvalue weighted by Gasteiger charge is -2.17. The number of thioether (sulfide) groups is 1. The largest absolute Gasteiger partial charge is 0.481 e. The van der Waals surface area contributed by atoms with E-state index < -0.39 is 6.10 Å². The lowest BCUT2D eigenvalue weighted by molar-refractivity contribution is -0.113. The molecule has 1 atom stereocenters. The van der Waals surface area contributed by atoms with Crippen molar-refractivity contribution < 1.29 is 9.53 Å². The predicted molar refractivity (Wildman–Crippen MR) is 126 cm³/mol. The van der Waals surface area contributed by atoms with Crippen molar-refractivity contribution >= 4 is 46.6 Å². The number of hydrogen-bond donors (Lipinski definition) is 1. The van der Waals surface area contributed by atoms with Gasteiger partial charge in [-0.3, -0.25) is 9.36 Å². The highest BCUT2D eigenvalue weighted by Crippen LogP contribution is 2.30. The maximum Gasteiger partial charge on any atom is 0.234 e. The molecule has 0 radical (unpaired) electrons. The number of amides is 1. The monoisotopic (exact) mass is 476 g/mol. The first-order chi connectivity index (χ1) is 14.9. The number of nitrogens with one attached hydrogen (secondary N) is 1. The number of aryl methyl sites for hydroxylation is 1. The normalized spacial score (nSPS) is 11.7. The van der Waals surface area contributed by atoms with Crippen molar-refractivity contribution in [3.63, 3.8) is 0 Å². The van der Waals surface area contributed by atoms with E-state index in [2.05, 4.69) is 22.1 Å². The molecule has 3 aromatic rings. The lowest BCUT2D eigenvalue weighted by Crippen LogP contribution is -2.15. The first kappa shape index (κ1) is 23.2. The Morgan fingerprint density at radius 2 is 2.00 bits per heavy atom. The number of carbonyl (C=O) groups excluding carboxylic acids is 1. The maximum absolute atomic E-state index is 12.3. The molecule has 1 N–H and O–H groups in total. The summed E-state index contributed by atoms with van der Waals surface area (Å²) >= 11 is 13.4. The van der Waals surface area contributed by atoms with Crippen LogP contribution in [0.4, 0.5) is 5.69 Å². The molecule has 0 spiro atoms. The van der Waals surface area contributed by atoms with Gasteiger partial charge in [0.05, 0.1) is 10.8 Å². The third-order valence-electron chi connectivity index (χ3n) is 4.27. The van der Waals surface area contributed by atoms with Crippen LogP contribution in [0.15, 0.2) is 60.3 Å². The third kappa shape index (κ3) is 6.26. The van der Waals surface area contributed by atoms with Gasteiger partial charge in [-0.2, -0.15) is 0 Å². The zero-order valence-electron chi connectivity index (χ0n) is 17.1. The number of allylic oxidation sites excluding steroid dienone is 1. The van der Waals surface area contributed by atoms with Gasteiger partial charge in [-0.05, 0) is 55.8 Å². The fraction of sp³-hybridized carbons (Fsp3) is 0.227. The van der Waals surface area contributed by atoms with Crippen LogP contribution in [0.1, 0.15) is 24.4 Å². The minimum absolute atomic E-state index is 0.155. The molecule has 0 saturated carbocycles. The summed E-state index contributed by atoms with van der Waals surface area (Å²) in [6.07, 6.45) is 1.35. The van der Waals surface area contributed by atoms with Crippen molar-refractivity contribution in [3.8, 4) is 5.75 Å². The summed E-state index contributed by atoms with van der Waals surface area (Å²) in [7, 11) is 0. The molecule has 3 rings (SSSR count). The zero-order valence-corrected chi connectivity index (χ0v) is 19.5. The molecule has 31 heavy (non-hydrogen) atoms. The van der Waals surface area contributed by atoms with Gasteiger partial charge in [0.2, 0.25) is 5.91 Å². The molecule has 1 heterocycles. The van der Waals surface area contributed by atoms with Gasteiger partial charge in [0.15, 0.2) is 17.1 Å². The molecule has 9 heteroatoms. The van der Waals surface area contributed by atoms with Gasteiger partial charge >= 0.3 is 0 Å². The van der Waals surface area contributed by atoms with Crippen molar-refractivity contribution in [2.45, 2.75) is 31.7 Å². The molecule has 0 aliphatic heterocycles. The number of aromatic nitrogens is 3. The number of halogens is 2. The van der Waals surface area contributed by atoms with Crippen molar-refractivity contribution in [3.05, 3.63) is 76.6 Å².